The maximum absolute atomic E-state index is 13.8. The van der Waals surface area contributed by atoms with E-state index < -0.39 is 11.4 Å². The fourth-order valence-corrected chi connectivity index (χ4v) is 3.12. The Labute approximate surface area is 113 Å². The molecule has 1 saturated heterocycles. The molecule has 3 nitrogen and oxygen atoms in total. The number of rotatable bonds is 5. The van der Waals surface area contributed by atoms with Crippen molar-refractivity contribution in [1.82, 2.24) is 9.88 Å². The second kappa shape index (κ2) is 5.78. The molecule has 1 aromatic heterocycles. The van der Waals surface area contributed by atoms with Gasteiger partial charge in [0.05, 0.1) is 17.3 Å². The van der Waals surface area contributed by atoms with Crippen molar-refractivity contribution in [2.75, 3.05) is 13.1 Å². The molecule has 0 bridgehead atoms. The summed E-state index contributed by atoms with van der Waals surface area (Å²) in [5.74, 6) is -0.614. The minimum Gasteiger partial charge on any atom is -0.292 e. The lowest BCUT2D eigenvalue weighted by molar-refractivity contribution is 0.0577. The number of hydrogen-bond donors (Lipinski definition) is 0. The first-order chi connectivity index (χ1) is 9.15. The average Bonchev–Trinajstić information content (AvgIpc) is 2.96. The Hall–Kier alpha value is -1.29. The Morgan fingerprint density at radius 1 is 1.37 bits per heavy atom. The molecule has 4 heteroatoms. The van der Waals surface area contributed by atoms with Crippen molar-refractivity contribution in [1.29, 1.82) is 0 Å². The lowest BCUT2D eigenvalue weighted by Crippen LogP contribution is -2.53. The highest BCUT2D eigenvalue weighted by Gasteiger charge is 2.42. The molecule has 0 N–H and O–H groups in total. The van der Waals surface area contributed by atoms with Crippen LogP contribution in [0.2, 0.25) is 0 Å². The molecule has 1 aromatic rings. The molecule has 0 aliphatic carbocycles. The second-order valence-corrected chi connectivity index (χ2v) is 5.12. The van der Waals surface area contributed by atoms with Gasteiger partial charge in [-0.15, -0.1) is 0 Å². The molecule has 19 heavy (non-hydrogen) atoms. The topological polar surface area (TPSA) is 33.2 Å². The number of Topliss-reactive ketones (excluding diaryl/α,β-unsaturated/α-hetero) is 1. The lowest BCUT2D eigenvalue weighted by atomic mass is 9.83. The van der Waals surface area contributed by atoms with Crippen LogP contribution >= 0.6 is 0 Å². The fraction of sp³-hybridized carbons (Fsp3) is 0.600. The zero-order valence-corrected chi connectivity index (χ0v) is 11.7. The third-order valence-electron chi connectivity index (χ3n) is 4.32. The number of hydrogen-bond acceptors (Lipinski definition) is 3. The van der Waals surface area contributed by atoms with Gasteiger partial charge in [-0.25, -0.2) is 4.39 Å². The van der Waals surface area contributed by atoms with Crippen LogP contribution in [0.1, 0.15) is 49.9 Å². The summed E-state index contributed by atoms with van der Waals surface area (Å²) in [5.41, 5.74) is -0.385. The van der Waals surface area contributed by atoms with Crippen molar-refractivity contribution >= 4 is 5.78 Å². The first kappa shape index (κ1) is 14.1. The number of ketones is 1. The summed E-state index contributed by atoms with van der Waals surface area (Å²) in [6.45, 7) is 5.89. The molecule has 2 heterocycles. The molecule has 0 amide bonds. The SMILES string of the molecule is CCC(CC)(C(=O)c1ccncc1F)N1CCCC1. The van der Waals surface area contributed by atoms with Crippen molar-refractivity contribution in [3.05, 3.63) is 29.8 Å². The standard InChI is InChI=1S/C15H21FN2O/c1-3-15(4-2,18-9-5-6-10-18)14(19)12-7-8-17-11-13(12)16/h7-8,11H,3-6,9-10H2,1-2H3. The predicted molar refractivity (Wildman–Crippen MR) is 72.6 cm³/mol. The van der Waals surface area contributed by atoms with Gasteiger partial charge in [0.1, 0.15) is 0 Å². The van der Waals surface area contributed by atoms with Crippen molar-refractivity contribution in [2.24, 2.45) is 0 Å². The highest BCUT2D eigenvalue weighted by molar-refractivity contribution is 6.03. The molecule has 0 spiro atoms. The van der Waals surface area contributed by atoms with Crippen LogP contribution in [0.25, 0.3) is 0 Å². The molecule has 2 rings (SSSR count). The summed E-state index contributed by atoms with van der Waals surface area (Å²) in [5, 5.41) is 0. The maximum Gasteiger partial charge on any atom is 0.186 e. The van der Waals surface area contributed by atoms with E-state index in [1.165, 1.54) is 12.3 Å². The van der Waals surface area contributed by atoms with Gasteiger partial charge < -0.3 is 0 Å². The Balaban J connectivity index is 2.38. The zero-order valence-electron chi connectivity index (χ0n) is 11.7. The molecular weight excluding hydrogens is 243 g/mol. The van der Waals surface area contributed by atoms with E-state index in [1.54, 1.807) is 0 Å². The smallest absolute Gasteiger partial charge is 0.186 e. The van der Waals surface area contributed by atoms with Gasteiger partial charge >= 0.3 is 0 Å². The molecule has 0 aromatic carbocycles. The Bertz CT molecular complexity index is 451. The number of nitrogens with zero attached hydrogens (tertiary/aromatic N) is 2. The van der Waals surface area contributed by atoms with Gasteiger partial charge in [-0.2, -0.15) is 0 Å². The fourth-order valence-electron chi connectivity index (χ4n) is 3.12. The van der Waals surface area contributed by atoms with Gasteiger partial charge in [0.2, 0.25) is 0 Å². The normalized spacial score (nSPS) is 16.8. The van der Waals surface area contributed by atoms with E-state index in [0.717, 1.165) is 32.1 Å². The number of carbonyl (C=O) groups is 1. The predicted octanol–water partition coefficient (Wildman–Crippen LogP) is 3.06. The summed E-state index contributed by atoms with van der Waals surface area (Å²) >= 11 is 0. The van der Waals surface area contributed by atoms with Gasteiger partial charge in [0.25, 0.3) is 0 Å². The first-order valence-electron chi connectivity index (χ1n) is 7.05. The molecule has 1 aliphatic heterocycles. The molecule has 0 atom stereocenters. The van der Waals surface area contributed by atoms with Crippen LogP contribution in [0.4, 0.5) is 4.39 Å². The number of likely N-dealkylation sites (tertiary alicyclic amines) is 1. The maximum atomic E-state index is 13.8. The summed E-state index contributed by atoms with van der Waals surface area (Å²) in [4.78, 5) is 18.8. The Morgan fingerprint density at radius 2 is 2.00 bits per heavy atom. The van der Waals surface area contributed by atoms with Gasteiger partial charge in [-0.1, -0.05) is 13.8 Å². The monoisotopic (exact) mass is 264 g/mol. The van der Waals surface area contributed by atoms with Crippen LogP contribution in [-0.4, -0.2) is 34.3 Å². The summed E-state index contributed by atoms with van der Waals surface area (Å²) in [7, 11) is 0. The lowest BCUT2D eigenvalue weighted by Gasteiger charge is -2.39. The van der Waals surface area contributed by atoms with Crippen LogP contribution in [0, 0.1) is 5.82 Å². The van der Waals surface area contributed by atoms with Crippen molar-refractivity contribution in [2.45, 2.75) is 45.1 Å². The minimum atomic E-state index is -0.557. The van der Waals surface area contributed by atoms with E-state index in [1.807, 2.05) is 13.8 Å². The number of aromatic nitrogens is 1. The van der Waals surface area contributed by atoms with E-state index in [2.05, 4.69) is 9.88 Å². The van der Waals surface area contributed by atoms with Crippen LogP contribution < -0.4 is 0 Å². The molecule has 1 aliphatic rings. The molecular formula is C15H21FN2O. The average molecular weight is 264 g/mol. The Kier molecular flexibility index (Phi) is 4.30. The van der Waals surface area contributed by atoms with E-state index in [9.17, 15) is 9.18 Å². The number of carbonyl (C=O) groups excluding carboxylic acids is 1. The first-order valence-corrected chi connectivity index (χ1v) is 7.05. The quantitative estimate of drug-likeness (QED) is 0.766. The third-order valence-corrected chi connectivity index (χ3v) is 4.32. The van der Waals surface area contributed by atoms with Gasteiger partial charge in [-0.05, 0) is 44.8 Å². The van der Waals surface area contributed by atoms with Crippen LogP contribution in [0.15, 0.2) is 18.5 Å². The van der Waals surface area contributed by atoms with Gasteiger partial charge in [-0.3, -0.25) is 14.7 Å². The van der Waals surface area contributed by atoms with Crippen LogP contribution in [-0.2, 0) is 0 Å². The van der Waals surface area contributed by atoms with E-state index in [-0.39, 0.29) is 11.3 Å². The highest BCUT2D eigenvalue weighted by Crippen LogP contribution is 2.32. The van der Waals surface area contributed by atoms with Crippen LogP contribution in [0.5, 0.6) is 0 Å². The number of pyridine rings is 1. The Morgan fingerprint density at radius 3 is 2.53 bits per heavy atom. The van der Waals surface area contributed by atoms with Crippen molar-refractivity contribution in [3.8, 4) is 0 Å². The summed E-state index contributed by atoms with van der Waals surface area (Å²) < 4.78 is 13.8. The third kappa shape index (κ3) is 2.41. The van der Waals surface area contributed by atoms with E-state index in [0.29, 0.717) is 12.8 Å². The molecule has 0 saturated carbocycles. The molecule has 1 fully saturated rings. The van der Waals surface area contributed by atoms with Gasteiger partial charge in [0.15, 0.2) is 11.6 Å². The zero-order chi connectivity index (χ0) is 13.9. The second-order valence-electron chi connectivity index (χ2n) is 5.12. The largest absolute Gasteiger partial charge is 0.292 e. The highest BCUT2D eigenvalue weighted by atomic mass is 19.1. The molecule has 104 valence electrons. The van der Waals surface area contributed by atoms with E-state index >= 15 is 0 Å². The van der Waals surface area contributed by atoms with E-state index in [4.69, 9.17) is 0 Å². The summed E-state index contributed by atoms with van der Waals surface area (Å²) in [6, 6.07) is 1.49. The minimum absolute atomic E-state index is 0.0979. The van der Waals surface area contributed by atoms with Gasteiger partial charge in [0, 0.05) is 6.20 Å². The summed E-state index contributed by atoms with van der Waals surface area (Å²) in [6.07, 6.45) is 6.26. The van der Waals surface area contributed by atoms with Crippen molar-refractivity contribution < 1.29 is 9.18 Å². The number of halogens is 1. The van der Waals surface area contributed by atoms with Crippen LogP contribution in [0.3, 0.4) is 0 Å². The van der Waals surface area contributed by atoms with Crippen molar-refractivity contribution in [3.63, 3.8) is 0 Å². The molecule has 0 unspecified atom stereocenters. The molecule has 0 radical (unpaired) electrons.